The van der Waals surface area contributed by atoms with Gasteiger partial charge in [0.15, 0.2) is 0 Å². The van der Waals surface area contributed by atoms with Crippen molar-refractivity contribution >= 4 is 17.5 Å². The minimum Gasteiger partial charge on any atom is -0.381 e. The van der Waals surface area contributed by atoms with Crippen LogP contribution in [0.2, 0.25) is 5.02 Å². The Balaban J connectivity index is 1.80. The van der Waals surface area contributed by atoms with Crippen molar-refractivity contribution in [1.82, 2.24) is 5.32 Å². The average Bonchev–Trinajstić information content (AvgIpc) is 2.61. The number of hydrogen-bond donors (Lipinski definition) is 1. The predicted octanol–water partition coefficient (Wildman–Crippen LogP) is 3.84. The Bertz CT molecular complexity index is 712. The number of ether oxygens (including phenoxy) is 1. The molecule has 1 saturated heterocycles. The van der Waals surface area contributed by atoms with Gasteiger partial charge in [-0.3, -0.25) is 4.79 Å². The summed E-state index contributed by atoms with van der Waals surface area (Å²) in [4.78, 5) is 13.0. The maximum atomic E-state index is 13.3. The third-order valence-corrected chi connectivity index (χ3v) is 4.77. The zero-order valence-corrected chi connectivity index (χ0v) is 14.0. The van der Waals surface area contributed by atoms with Crippen molar-refractivity contribution < 1.29 is 13.9 Å². The first-order valence-corrected chi connectivity index (χ1v) is 8.34. The highest BCUT2D eigenvalue weighted by atomic mass is 35.5. The minimum absolute atomic E-state index is 0.0580. The largest absolute Gasteiger partial charge is 0.381 e. The van der Waals surface area contributed by atoms with Crippen LogP contribution in [-0.2, 0) is 21.5 Å². The molecule has 1 amide bonds. The Kier molecular flexibility index (Phi) is 5.17. The number of benzene rings is 2. The molecule has 0 spiro atoms. The molecular weight excluding hydrogens is 329 g/mol. The lowest BCUT2D eigenvalue weighted by Crippen LogP contribution is -2.47. The molecule has 1 aliphatic heterocycles. The van der Waals surface area contributed by atoms with E-state index in [0.717, 1.165) is 11.1 Å². The SMILES string of the molecule is O=C(NCc1cccc(F)c1)C1(c2ccc(Cl)cc2)CCOCC1. The van der Waals surface area contributed by atoms with Crippen LogP contribution in [0.1, 0.15) is 24.0 Å². The molecule has 0 unspecified atom stereocenters. The molecule has 1 fully saturated rings. The summed E-state index contributed by atoms with van der Waals surface area (Å²) in [5.74, 6) is -0.363. The molecule has 24 heavy (non-hydrogen) atoms. The van der Waals surface area contributed by atoms with Gasteiger partial charge in [-0.25, -0.2) is 4.39 Å². The summed E-state index contributed by atoms with van der Waals surface area (Å²) >= 11 is 5.97. The highest BCUT2D eigenvalue weighted by Gasteiger charge is 2.41. The molecule has 1 N–H and O–H groups in total. The molecule has 5 heteroatoms. The fourth-order valence-corrected chi connectivity index (χ4v) is 3.26. The third kappa shape index (κ3) is 3.60. The van der Waals surface area contributed by atoms with E-state index in [-0.39, 0.29) is 11.7 Å². The molecule has 0 atom stereocenters. The van der Waals surface area contributed by atoms with E-state index in [1.54, 1.807) is 24.3 Å². The Morgan fingerprint density at radius 3 is 2.54 bits per heavy atom. The topological polar surface area (TPSA) is 38.3 Å². The first-order valence-electron chi connectivity index (χ1n) is 7.97. The highest BCUT2D eigenvalue weighted by molar-refractivity contribution is 6.30. The lowest BCUT2D eigenvalue weighted by atomic mass is 9.73. The quantitative estimate of drug-likeness (QED) is 0.912. The Labute approximate surface area is 145 Å². The van der Waals surface area contributed by atoms with Crippen molar-refractivity contribution in [3.63, 3.8) is 0 Å². The van der Waals surface area contributed by atoms with E-state index in [9.17, 15) is 9.18 Å². The zero-order chi connectivity index (χ0) is 17.0. The second kappa shape index (κ2) is 7.32. The van der Waals surface area contributed by atoms with Gasteiger partial charge in [0.2, 0.25) is 5.91 Å². The van der Waals surface area contributed by atoms with Crippen LogP contribution in [0.4, 0.5) is 4.39 Å². The minimum atomic E-state index is -0.629. The van der Waals surface area contributed by atoms with Crippen molar-refractivity contribution in [2.45, 2.75) is 24.8 Å². The number of carbonyl (C=O) groups excluding carboxylic acids is 1. The van der Waals surface area contributed by atoms with E-state index >= 15 is 0 Å². The molecule has 0 radical (unpaired) electrons. The Morgan fingerprint density at radius 1 is 1.17 bits per heavy atom. The molecule has 3 rings (SSSR count). The molecule has 2 aromatic rings. The number of hydrogen-bond acceptors (Lipinski definition) is 2. The number of rotatable bonds is 4. The normalized spacial score (nSPS) is 16.6. The Hall–Kier alpha value is -1.91. The Morgan fingerprint density at radius 2 is 1.88 bits per heavy atom. The van der Waals surface area contributed by atoms with Gasteiger partial charge >= 0.3 is 0 Å². The van der Waals surface area contributed by atoms with Crippen molar-refractivity contribution in [1.29, 1.82) is 0 Å². The van der Waals surface area contributed by atoms with Crippen LogP contribution in [0, 0.1) is 5.82 Å². The molecule has 2 aromatic carbocycles. The van der Waals surface area contributed by atoms with E-state index in [1.807, 2.05) is 12.1 Å². The lowest BCUT2D eigenvalue weighted by Gasteiger charge is -2.36. The molecule has 0 aromatic heterocycles. The summed E-state index contributed by atoms with van der Waals surface area (Å²) in [7, 11) is 0. The average molecular weight is 348 g/mol. The van der Waals surface area contributed by atoms with Gasteiger partial charge < -0.3 is 10.1 Å². The lowest BCUT2D eigenvalue weighted by molar-refractivity contribution is -0.130. The van der Waals surface area contributed by atoms with Gasteiger partial charge in [0.25, 0.3) is 0 Å². The zero-order valence-electron chi connectivity index (χ0n) is 13.2. The van der Waals surface area contributed by atoms with Crippen molar-refractivity contribution in [3.05, 3.63) is 70.5 Å². The summed E-state index contributed by atoms with van der Waals surface area (Å²) in [6.07, 6.45) is 1.23. The first-order chi connectivity index (χ1) is 11.6. The van der Waals surface area contributed by atoms with Gasteiger partial charge in [0.1, 0.15) is 5.82 Å². The first kappa shape index (κ1) is 16.9. The van der Waals surface area contributed by atoms with E-state index in [1.165, 1.54) is 12.1 Å². The van der Waals surface area contributed by atoms with Crippen LogP contribution in [0.25, 0.3) is 0 Å². The highest BCUT2D eigenvalue weighted by Crippen LogP contribution is 2.35. The van der Waals surface area contributed by atoms with Crippen molar-refractivity contribution in [2.75, 3.05) is 13.2 Å². The van der Waals surface area contributed by atoms with Gasteiger partial charge in [0, 0.05) is 24.8 Å². The molecular formula is C19H19ClFNO2. The standard InChI is InChI=1S/C19H19ClFNO2/c20-16-6-4-15(5-7-16)19(8-10-24-11-9-19)18(23)22-13-14-2-1-3-17(21)12-14/h1-7,12H,8-11,13H2,(H,22,23). The number of amides is 1. The van der Waals surface area contributed by atoms with Gasteiger partial charge in [-0.05, 0) is 48.2 Å². The van der Waals surface area contributed by atoms with Gasteiger partial charge in [0.05, 0.1) is 5.41 Å². The second-order valence-electron chi connectivity index (χ2n) is 6.01. The molecule has 1 aliphatic rings. The van der Waals surface area contributed by atoms with Crippen LogP contribution in [-0.4, -0.2) is 19.1 Å². The smallest absolute Gasteiger partial charge is 0.231 e. The summed E-state index contributed by atoms with van der Waals surface area (Å²) in [6, 6.07) is 13.6. The fourth-order valence-electron chi connectivity index (χ4n) is 3.13. The maximum absolute atomic E-state index is 13.3. The van der Waals surface area contributed by atoms with Gasteiger partial charge in [-0.1, -0.05) is 35.9 Å². The summed E-state index contributed by atoms with van der Waals surface area (Å²) in [5, 5.41) is 3.60. The van der Waals surface area contributed by atoms with Gasteiger partial charge in [-0.2, -0.15) is 0 Å². The molecule has 3 nitrogen and oxygen atoms in total. The molecule has 126 valence electrons. The summed E-state index contributed by atoms with van der Waals surface area (Å²) in [6.45, 7) is 1.37. The summed E-state index contributed by atoms with van der Waals surface area (Å²) < 4.78 is 18.7. The fraction of sp³-hybridized carbons (Fsp3) is 0.316. The number of carbonyl (C=O) groups is 1. The van der Waals surface area contributed by atoms with Crippen LogP contribution in [0.15, 0.2) is 48.5 Å². The van der Waals surface area contributed by atoms with Crippen LogP contribution in [0.3, 0.4) is 0 Å². The van der Waals surface area contributed by atoms with Crippen molar-refractivity contribution in [3.8, 4) is 0 Å². The molecule has 0 saturated carbocycles. The molecule has 0 aliphatic carbocycles. The summed E-state index contributed by atoms with van der Waals surface area (Å²) in [5.41, 5.74) is 1.05. The molecule has 0 bridgehead atoms. The van der Waals surface area contributed by atoms with Crippen molar-refractivity contribution in [2.24, 2.45) is 0 Å². The predicted molar refractivity (Wildman–Crippen MR) is 91.4 cm³/mol. The van der Waals surface area contributed by atoms with Crippen LogP contribution in [0.5, 0.6) is 0 Å². The number of nitrogens with one attached hydrogen (secondary N) is 1. The van der Waals surface area contributed by atoms with E-state index in [0.29, 0.717) is 37.6 Å². The van der Waals surface area contributed by atoms with Crippen LogP contribution >= 0.6 is 11.6 Å². The van der Waals surface area contributed by atoms with E-state index in [2.05, 4.69) is 5.32 Å². The maximum Gasteiger partial charge on any atom is 0.231 e. The second-order valence-corrected chi connectivity index (χ2v) is 6.45. The van der Waals surface area contributed by atoms with E-state index in [4.69, 9.17) is 16.3 Å². The third-order valence-electron chi connectivity index (χ3n) is 4.52. The molecule has 1 heterocycles. The van der Waals surface area contributed by atoms with Crippen LogP contribution < -0.4 is 5.32 Å². The van der Waals surface area contributed by atoms with Gasteiger partial charge in [-0.15, -0.1) is 0 Å². The number of halogens is 2. The van der Waals surface area contributed by atoms with E-state index < -0.39 is 5.41 Å². The monoisotopic (exact) mass is 347 g/mol.